The molecule has 1 aliphatic rings. The molecular formula is C15H16N4S. The first-order chi connectivity index (χ1) is 9.79. The lowest BCUT2D eigenvalue weighted by Gasteiger charge is -2.28. The van der Waals surface area contributed by atoms with Gasteiger partial charge in [0.2, 0.25) is 0 Å². The van der Waals surface area contributed by atoms with E-state index in [2.05, 4.69) is 28.2 Å². The van der Waals surface area contributed by atoms with Crippen molar-refractivity contribution in [2.45, 2.75) is 19.0 Å². The number of hydrogen-bond donors (Lipinski definition) is 0. The van der Waals surface area contributed by atoms with Gasteiger partial charge in [0.15, 0.2) is 11.3 Å². The van der Waals surface area contributed by atoms with Gasteiger partial charge in [-0.05, 0) is 18.4 Å². The molecule has 1 aromatic carbocycles. The van der Waals surface area contributed by atoms with Crippen LogP contribution in [0.1, 0.15) is 12.8 Å². The predicted molar refractivity (Wildman–Crippen MR) is 81.3 cm³/mol. The number of benzene rings is 1. The molecule has 1 unspecified atom stereocenters. The smallest absolute Gasteiger partial charge is 0.187 e. The zero-order valence-electron chi connectivity index (χ0n) is 11.4. The van der Waals surface area contributed by atoms with E-state index in [1.54, 1.807) is 11.3 Å². The van der Waals surface area contributed by atoms with Crippen LogP contribution in [-0.4, -0.2) is 29.6 Å². The van der Waals surface area contributed by atoms with Gasteiger partial charge in [0.1, 0.15) is 6.17 Å². The Morgan fingerprint density at radius 2 is 2.20 bits per heavy atom. The third kappa shape index (κ3) is 2.35. The number of hydrogen-bond acceptors (Lipinski definition) is 5. The first-order valence-corrected chi connectivity index (χ1v) is 7.51. The number of thiazole rings is 1. The summed E-state index contributed by atoms with van der Waals surface area (Å²) in [5.41, 5.74) is 1.19. The van der Waals surface area contributed by atoms with Crippen molar-refractivity contribution in [1.82, 2.24) is 9.88 Å². The van der Waals surface area contributed by atoms with Crippen LogP contribution in [0.4, 0.5) is 5.13 Å². The van der Waals surface area contributed by atoms with Crippen LogP contribution in [0, 0.1) is 11.5 Å². The zero-order valence-corrected chi connectivity index (χ0v) is 12.2. The minimum atomic E-state index is 0.148. The van der Waals surface area contributed by atoms with Crippen LogP contribution in [0.3, 0.4) is 0 Å². The van der Waals surface area contributed by atoms with Crippen LogP contribution < -0.4 is 4.90 Å². The molecule has 1 saturated heterocycles. The first kappa shape index (κ1) is 12.9. The summed E-state index contributed by atoms with van der Waals surface area (Å²) in [5.74, 6) is 0. The molecule has 2 aromatic rings. The second-order valence-corrected chi connectivity index (χ2v) is 5.91. The van der Waals surface area contributed by atoms with E-state index in [1.807, 2.05) is 36.3 Å². The van der Waals surface area contributed by atoms with Crippen molar-refractivity contribution in [1.29, 1.82) is 5.26 Å². The van der Waals surface area contributed by atoms with Crippen LogP contribution >= 0.6 is 11.3 Å². The summed E-state index contributed by atoms with van der Waals surface area (Å²) in [4.78, 5) is 9.63. The standard InChI is InChI=1S/C15H16N4S/c1-18(14-8-5-9-19(14)11-16)15-17-10-13(20-15)12-6-3-2-4-7-12/h2-4,6-7,10,14H,5,8-9H2,1H3. The molecule has 5 heteroatoms. The summed E-state index contributed by atoms with van der Waals surface area (Å²) in [5, 5.41) is 10.1. The molecule has 1 fully saturated rings. The number of aromatic nitrogens is 1. The Bertz CT molecular complexity index is 616. The van der Waals surface area contributed by atoms with Crippen molar-refractivity contribution in [3.05, 3.63) is 36.5 Å². The van der Waals surface area contributed by atoms with Crippen molar-refractivity contribution >= 4 is 16.5 Å². The largest absolute Gasteiger partial charge is 0.330 e. The van der Waals surface area contributed by atoms with E-state index in [-0.39, 0.29) is 6.17 Å². The molecule has 4 nitrogen and oxygen atoms in total. The van der Waals surface area contributed by atoms with Gasteiger partial charge in [0.05, 0.1) is 4.88 Å². The van der Waals surface area contributed by atoms with Gasteiger partial charge in [-0.25, -0.2) is 4.98 Å². The molecule has 0 bridgehead atoms. The monoisotopic (exact) mass is 284 g/mol. The van der Waals surface area contributed by atoms with Crippen LogP contribution in [0.2, 0.25) is 0 Å². The maximum Gasteiger partial charge on any atom is 0.187 e. The fourth-order valence-corrected chi connectivity index (χ4v) is 3.49. The molecular weight excluding hydrogens is 268 g/mol. The Morgan fingerprint density at radius 3 is 2.95 bits per heavy atom. The average molecular weight is 284 g/mol. The maximum atomic E-state index is 9.15. The van der Waals surface area contributed by atoms with Gasteiger partial charge in [-0.1, -0.05) is 41.7 Å². The first-order valence-electron chi connectivity index (χ1n) is 6.70. The van der Waals surface area contributed by atoms with Crippen LogP contribution in [-0.2, 0) is 0 Å². The number of nitriles is 1. The van der Waals surface area contributed by atoms with E-state index >= 15 is 0 Å². The summed E-state index contributed by atoms with van der Waals surface area (Å²) in [6.45, 7) is 0.850. The lowest BCUT2D eigenvalue weighted by Crippen LogP contribution is -2.40. The SMILES string of the molecule is CN(c1ncc(-c2ccccc2)s1)C1CCCN1C#N. The van der Waals surface area contributed by atoms with E-state index in [0.29, 0.717) is 0 Å². The highest BCUT2D eigenvalue weighted by Crippen LogP contribution is 2.33. The lowest BCUT2D eigenvalue weighted by atomic mass is 10.2. The number of likely N-dealkylation sites (tertiary alicyclic amines) is 1. The second-order valence-electron chi connectivity index (χ2n) is 4.90. The molecule has 1 aromatic heterocycles. The molecule has 2 heterocycles. The minimum Gasteiger partial charge on any atom is -0.330 e. The van der Waals surface area contributed by atoms with Gasteiger partial charge in [-0.2, -0.15) is 5.26 Å². The summed E-state index contributed by atoms with van der Waals surface area (Å²) >= 11 is 1.67. The molecule has 0 spiro atoms. The normalized spacial score (nSPS) is 18.0. The molecule has 102 valence electrons. The Morgan fingerprint density at radius 1 is 1.40 bits per heavy atom. The van der Waals surface area contributed by atoms with Crippen molar-refractivity contribution < 1.29 is 0 Å². The average Bonchev–Trinajstić information content (AvgIpc) is 3.16. The molecule has 0 amide bonds. The number of nitrogens with zero attached hydrogens (tertiary/aromatic N) is 4. The third-order valence-electron chi connectivity index (χ3n) is 3.65. The Labute approximate surface area is 122 Å². The topological polar surface area (TPSA) is 43.2 Å². The Balaban J connectivity index is 1.82. The molecule has 0 radical (unpaired) electrons. The van der Waals surface area contributed by atoms with Gasteiger partial charge >= 0.3 is 0 Å². The zero-order chi connectivity index (χ0) is 13.9. The van der Waals surface area contributed by atoms with E-state index in [0.717, 1.165) is 29.4 Å². The summed E-state index contributed by atoms with van der Waals surface area (Å²) in [6.07, 6.45) is 6.42. The van der Waals surface area contributed by atoms with Crippen LogP contribution in [0.15, 0.2) is 36.5 Å². The Hall–Kier alpha value is -2.06. The van der Waals surface area contributed by atoms with Gasteiger partial charge < -0.3 is 4.90 Å². The van der Waals surface area contributed by atoms with Crippen molar-refractivity contribution in [3.8, 4) is 16.6 Å². The molecule has 0 aliphatic carbocycles. The molecule has 1 atom stereocenters. The summed E-state index contributed by atoms with van der Waals surface area (Å²) < 4.78 is 0. The quantitative estimate of drug-likeness (QED) is 0.812. The molecule has 0 N–H and O–H groups in total. The van der Waals surface area contributed by atoms with E-state index in [9.17, 15) is 0 Å². The molecule has 20 heavy (non-hydrogen) atoms. The highest BCUT2D eigenvalue weighted by atomic mass is 32.1. The third-order valence-corrected chi connectivity index (χ3v) is 4.79. The van der Waals surface area contributed by atoms with Crippen molar-refractivity contribution in [2.75, 3.05) is 18.5 Å². The second kappa shape index (κ2) is 5.51. The van der Waals surface area contributed by atoms with Gasteiger partial charge in [-0.15, -0.1) is 0 Å². The van der Waals surface area contributed by atoms with E-state index in [4.69, 9.17) is 5.26 Å². The summed E-state index contributed by atoms with van der Waals surface area (Å²) in [7, 11) is 2.02. The summed E-state index contributed by atoms with van der Waals surface area (Å²) in [6, 6.07) is 10.3. The molecule has 3 rings (SSSR count). The highest BCUT2D eigenvalue weighted by molar-refractivity contribution is 7.18. The fourth-order valence-electron chi connectivity index (χ4n) is 2.56. The minimum absolute atomic E-state index is 0.148. The van der Waals surface area contributed by atoms with Gasteiger partial charge in [0.25, 0.3) is 0 Å². The van der Waals surface area contributed by atoms with Crippen LogP contribution in [0.25, 0.3) is 10.4 Å². The fraction of sp³-hybridized carbons (Fsp3) is 0.333. The molecule has 1 aliphatic heterocycles. The maximum absolute atomic E-state index is 9.15. The van der Waals surface area contributed by atoms with Crippen LogP contribution in [0.5, 0.6) is 0 Å². The van der Waals surface area contributed by atoms with Gasteiger partial charge in [-0.3, -0.25) is 4.90 Å². The van der Waals surface area contributed by atoms with Gasteiger partial charge in [0, 0.05) is 19.8 Å². The predicted octanol–water partition coefficient (Wildman–Crippen LogP) is 3.15. The van der Waals surface area contributed by atoms with Crippen molar-refractivity contribution in [3.63, 3.8) is 0 Å². The molecule has 0 saturated carbocycles. The van der Waals surface area contributed by atoms with E-state index < -0.39 is 0 Å². The van der Waals surface area contributed by atoms with Crippen molar-refractivity contribution in [2.24, 2.45) is 0 Å². The lowest BCUT2D eigenvalue weighted by molar-refractivity contribution is 0.360. The number of rotatable bonds is 3. The Kier molecular flexibility index (Phi) is 3.57. The van der Waals surface area contributed by atoms with E-state index in [1.165, 1.54) is 5.56 Å². The number of anilines is 1. The highest BCUT2D eigenvalue weighted by Gasteiger charge is 2.28.